The predicted octanol–water partition coefficient (Wildman–Crippen LogP) is 1.22. The lowest BCUT2D eigenvalue weighted by molar-refractivity contribution is -0.131. The molecule has 2 N–H and O–H groups in total. The van der Waals surface area contributed by atoms with Gasteiger partial charge in [-0.3, -0.25) is 14.5 Å². The Bertz CT molecular complexity index is 1120. The van der Waals surface area contributed by atoms with Crippen molar-refractivity contribution < 1.29 is 23.1 Å². The average Bonchev–Trinajstić information content (AvgIpc) is 3.16. The Morgan fingerprint density at radius 1 is 1.25 bits per heavy atom. The first-order valence-electron chi connectivity index (χ1n) is 10.6. The van der Waals surface area contributed by atoms with Gasteiger partial charge >= 0.3 is 0 Å². The highest BCUT2D eigenvalue weighted by atomic mass is 32.2. The maximum absolute atomic E-state index is 13.2. The maximum atomic E-state index is 13.2. The van der Waals surface area contributed by atoms with E-state index in [0.29, 0.717) is 18.7 Å². The van der Waals surface area contributed by atoms with Crippen LogP contribution in [0.15, 0.2) is 53.4 Å². The molecule has 2 aliphatic rings. The van der Waals surface area contributed by atoms with Crippen LogP contribution in [0.5, 0.6) is 0 Å². The number of nitrogens with one attached hydrogen (secondary N) is 1. The molecule has 0 bridgehead atoms. The second-order valence-corrected chi connectivity index (χ2v) is 10.4. The van der Waals surface area contributed by atoms with E-state index in [2.05, 4.69) is 10.2 Å². The lowest BCUT2D eigenvalue weighted by atomic mass is 10.0. The van der Waals surface area contributed by atoms with Gasteiger partial charge in [0.2, 0.25) is 11.8 Å². The number of amides is 2. The summed E-state index contributed by atoms with van der Waals surface area (Å²) in [6.45, 7) is 1.98. The third-order valence-corrected chi connectivity index (χ3v) is 7.72. The van der Waals surface area contributed by atoms with Crippen molar-refractivity contribution in [3.05, 3.63) is 59.7 Å². The number of hydrogen-bond donors (Lipinski definition) is 2. The smallest absolute Gasteiger partial charge is 0.239 e. The number of carbonyl (C=O) groups is 2. The lowest BCUT2D eigenvalue weighted by Gasteiger charge is -2.32. The summed E-state index contributed by atoms with van der Waals surface area (Å²) in [5, 5.41) is 12.5. The standard InChI is InChI=1S/C23H27N3O5S/c1-25(20(17-5-3-2-4-6-17)14-26-10-9-18(27)13-26)23(29)12-16-7-8-21-19(11-16)24-22(28)15-32(21,30)31/h2-8,11,18,20,27H,9-10,12-15H2,1H3,(H,24,28)/t18-,20-/m1/s1. The number of sulfone groups is 1. The number of β-amino-alcohol motifs (C(OH)–C–C–N with tert-alkyl or cyclic N) is 1. The van der Waals surface area contributed by atoms with Gasteiger partial charge in [-0.05, 0) is 29.7 Å². The summed E-state index contributed by atoms with van der Waals surface area (Å²) >= 11 is 0. The lowest BCUT2D eigenvalue weighted by Crippen LogP contribution is -2.39. The highest BCUT2D eigenvalue weighted by molar-refractivity contribution is 7.92. The molecule has 0 unspecified atom stereocenters. The third kappa shape index (κ3) is 4.85. The van der Waals surface area contributed by atoms with Gasteiger partial charge in [0.05, 0.1) is 29.1 Å². The molecule has 8 nitrogen and oxygen atoms in total. The van der Waals surface area contributed by atoms with Crippen LogP contribution in [-0.2, 0) is 25.8 Å². The van der Waals surface area contributed by atoms with E-state index in [-0.39, 0.29) is 35.1 Å². The molecule has 0 saturated carbocycles. The molecule has 2 amide bonds. The van der Waals surface area contributed by atoms with Crippen molar-refractivity contribution in [2.45, 2.75) is 29.9 Å². The molecule has 170 valence electrons. The van der Waals surface area contributed by atoms with Gasteiger partial charge in [0.15, 0.2) is 9.84 Å². The highest BCUT2D eigenvalue weighted by Crippen LogP contribution is 2.29. The number of aliphatic hydroxyl groups is 1. The normalized spacial score (nSPS) is 20.9. The number of benzene rings is 2. The van der Waals surface area contributed by atoms with Crippen LogP contribution in [0.25, 0.3) is 0 Å². The molecule has 0 spiro atoms. The highest BCUT2D eigenvalue weighted by Gasteiger charge is 2.30. The summed E-state index contributed by atoms with van der Waals surface area (Å²) in [4.78, 5) is 28.8. The minimum Gasteiger partial charge on any atom is -0.392 e. The first-order chi connectivity index (χ1) is 15.2. The first-order valence-corrected chi connectivity index (χ1v) is 12.2. The van der Waals surface area contributed by atoms with E-state index in [9.17, 15) is 23.1 Å². The number of aliphatic hydroxyl groups excluding tert-OH is 1. The van der Waals surface area contributed by atoms with E-state index in [4.69, 9.17) is 0 Å². The van der Waals surface area contributed by atoms with Crippen LogP contribution in [0.3, 0.4) is 0 Å². The van der Waals surface area contributed by atoms with Crippen molar-refractivity contribution in [2.75, 3.05) is 37.8 Å². The van der Waals surface area contributed by atoms with E-state index in [1.807, 2.05) is 30.3 Å². The Labute approximate surface area is 187 Å². The Morgan fingerprint density at radius 3 is 2.69 bits per heavy atom. The fourth-order valence-corrected chi connectivity index (χ4v) is 5.61. The van der Waals surface area contributed by atoms with Crippen LogP contribution in [-0.4, -0.2) is 73.7 Å². The summed E-state index contributed by atoms with van der Waals surface area (Å²) in [5.41, 5.74) is 1.86. The molecular formula is C23H27N3O5S. The number of likely N-dealkylation sites (N-methyl/N-ethyl adjacent to an activating group) is 1. The number of likely N-dealkylation sites (tertiary alicyclic amines) is 1. The van der Waals surface area contributed by atoms with Crippen molar-refractivity contribution in [2.24, 2.45) is 0 Å². The predicted molar refractivity (Wildman–Crippen MR) is 120 cm³/mol. The molecule has 2 atom stereocenters. The van der Waals surface area contributed by atoms with Crippen molar-refractivity contribution in [1.29, 1.82) is 0 Å². The Hall–Kier alpha value is -2.75. The fraction of sp³-hybridized carbons (Fsp3) is 0.391. The quantitative estimate of drug-likeness (QED) is 0.676. The molecule has 4 rings (SSSR count). The van der Waals surface area contributed by atoms with Gasteiger partial charge in [-0.1, -0.05) is 36.4 Å². The van der Waals surface area contributed by atoms with E-state index in [1.165, 1.54) is 6.07 Å². The molecular weight excluding hydrogens is 430 g/mol. The first kappa shape index (κ1) is 22.4. The molecule has 1 saturated heterocycles. The summed E-state index contributed by atoms with van der Waals surface area (Å²) in [7, 11) is -1.89. The number of anilines is 1. The van der Waals surface area contributed by atoms with Crippen molar-refractivity contribution in [1.82, 2.24) is 9.80 Å². The van der Waals surface area contributed by atoms with Gasteiger partial charge in [0, 0.05) is 26.7 Å². The number of rotatable bonds is 6. The Morgan fingerprint density at radius 2 is 2.00 bits per heavy atom. The summed E-state index contributed by atoms with van der Waals surface area (Å²) in [6.07, 6.45) is 0.462. The van der Waals surface area contributed by atoms with Gasteiger partial charge in [-0.2, -0.15) is 0 Å². The van der Waals surface area contributed by atoms with Crippen molar-refractivity contribution in [3.63, 3.8) is 0 Å². The summed E-state index contributed by atoms with van der Waals surface area (Å²) in [5.74, 6) is -1.26. The Balaban J connectivity index is 1.53. The van der Waals surface area contributed by atoms with Gasteiger partial charge in [-0.15, -0.1) is 0 Å². The zero-order valence-corrected chi connectivity index (χ0v) is 18.7. The molecule has 2 aliphatic heterocycles. The van der Waals surface area contributed by atoms with Gasteiger partial charge < -0.3 is 15.3 Å². The molecule has 1 fully saturated rings. The fourth-order valence-electron chi connectivity index (χ4n) is 4.32. The molecule has 0 aromatic heterocycles. The van der Waals surface area contributed by atoms with Crippen LogP contribution in [0.4, 0.5) is 5.69 Å². The number of hydrogen-bond acceptors (Lipinski definition) is 6. The Kier molecular flexibility index (Phi) is 6.32. The van der Waals surface area contributed by atoms with Crippen LogP contribution in [0.2, 0.25) is 0 Å². The van der Waals surface area contributed by atoms with E-state index in [1.54, 1.807) is 24.1 Å². The molecule has 9 heteroatoms. The molecule has 2 aromatic rings. The number of nitrogens with zero attached hydrogens (tertiary/aromatic N) is 2. The molecule has 0 radical (unpaired) electrons. The molecule has 2 heterocycles. The SMILES string of the molecule is CN(C(=O)Cc1ccc2c(c1)NC(=O)CS2(=O)=O)[C@H](CN1CC[C@@H](O)C1)c1ccccc1. The summed E-state index contributed by atoms with van der Waals surface area (Å²) in [6, 6.07) is 14.2. The van der Waals surface area contributed by atoms with E-state index < -0.39 is 21.5 Å². The van der Waals surface area contributed by atoms with Gasteiger partial charge in [0.25, 0.3) is 0 Å². The zero-order valence-electron chi connectivity index (χ0n) is 17.9. The minimum atomic E-state index is -3.65. The monoisotopic (exact) mass is 457 g/mol. The zero-order chi connectivity index (χ0) is 22.9. The van der Waals surface area contributed by atoms with Crippen LogP contribution in [0.1, 0.15) is 23.6 Å². The minimum absolute atomic E-state index is 0.0751. The maximum Gasteiger partial charge on any atom is 0.239 e. The van der Waals surface area contributed by atoms with Crippen LogP contribution < -0.4 is 5.32 Å². The van der Waals surface area contributed by atoms with Crippen molar-refractivity contribution in [3.8, 4) is 0 Å². The van der Waals surface area contributed by atoms with E-state index >= 15 is 0 Å². The topological polar surface area (TPSA) is 107 Å². The van der Waals surface area contributed by atoms with Crippen molar-refractivity contribution >= 4 is 27.3 Å². The number of carbonyl (C=O) groups excluding carboxylic acids is 2. The summed E-state index contributed by atoms with van der Waals surface area (Å²) < 4.78 is 24.4. The molecule has 0 aliphatic carbocycles. The average molecular weight is 458 g/mol. The van der Waals surface area contributed by atoms with Crippen LogP contribution >= 0.6 is 0 Å². The number of fused-ring (bicyclic) bond motifs is 1. The van der Waals surface area contributed by atoms with Gasteiger partial charge in [-0.25, -0.2) is 8.42 Å². The largest absolute Gasteiger partial charge is 0.392 e. The van der Waals surface area contributed by atoms with Crippen LogP contribution in [0, 0.1) is 0 Å². The van der Waals surface area contributed by atoms with E-state index in [0.717, 1.165) is 18.5 Å². The third-order valence-electron chi connectivity index (χ3n) is 6.05. The second kappa shape index (κ2) is 9.01. The second-order valence-electron chi connectivity index (χ2n) is 8.45. The molecule has 2 aromatic carbocycles. The van der Waals surface area contributed by atoms with Gasteiger partial charge in [0.1, 0.15) is 5.75 Å². The molecule has 32 heavy (non-hydrogen) atoms.